The molecule has 0 aliphatic carbocycles. The number of benzene rings is 2. The van der Waals surface area contributed by atoms with Crippen LogP contribution in [0.4, 0.5) is 5.69 Å². The number of nitrogens with one attached hydrogen (secondary N) is 2. The Morgan fingerprint density at radius 2 is 1.58 bits per heavy atom. The summed E-state index contributed by atoms with van der Waals surface area (Å²) in [5.41, 5.74) is 6.86. The van der Waals surface area contributed by atoms with E-state index in [-0.39, 0.29) is 0 Å². The number of nitrogens with zero attached hydrogens (tertiary/aromatic N) is 2. The molecule has 0 fully saturated rings. The number of carbonyl (C=O) groups excluding carboxylic acids is 2. The summed E-state index contributed by atoms with van der Waals surface area (Å²) in [6.07, 6.45) is 1.48. The molecule has 0 aliphatic rings. The average molecular weight is 478 g/mol. The summed E-state index contributed by atoms with van der Waals surface area (Å²) in [6.45, 7) is 5.61. The SMILES string of the molecule is Cc1cc(Cl)ccc1NC(=O)C(=O)N/N=C\c1cc(C)n(-c2cc(Cl)cc(Cl)c2)c1C. The molecule has 0 spiro atoms. The van der Waals surface area contributed by atoms with Crippen molar-refractivity contribution in [1.29, 1.82) is 0 Å². The molecule has 0 saturated carbocycles. The topological polar surface area (TPSA) is 75.5 Å². The lowest BCUT2D eigenvalue weighted by atomic mass is 10.2. The van der Waals surface area contributed by atoms with Crippen molar-refractivity contribution in [3.8, 4) is 5.69 Å². The highest BCUT2D eigenvalue weighted by molar-refractivity contribution is 6.39. The molecule has 1 aromatic heterocycles. The molecule has 0 bridgehead atoms. The molecular weight excluding hydrogens is 459 g/mol. The van der Waals surface area contributed by atoms with Crippen molar-refractivity contribution in [2.24, 2.45) is 5.10 Å². The first kappa shape index (κ1) is 22.9. The third-order valence-electron chi connectivity index (χ3n) is 4.59. The molecule has 9 heteroatoms. The van der Waals surface area contributed by atoms with Gasteiger partial charge in [0, 0.05) is 43.4 Å². The van der Waals surface area contributed by atoms with Crippen LogP contribution in [0.5, 0.6) is 0 Å². The maximum atomic E-state index is 12.1. The zero-order valence-corrected chi connectivity index (χ0v) is 19.2. The number of rotatable bonds is 4. The molecule has 6 nitrogen and oxygen atoms in total. The zero-order chi connectivity index (χ0) is 22.7. The summed E-state index contributed by atoms with van der Waals surface area (Å²) in [4.78, 5) is 24.2. The van der Waals surface area contributed by atoms with E-state index in [1.807, 2.05) is 24.5 Å². The van der Waals surface area contributed by atoms with E-state index in [2.05, 4.69) is 15.8 Å². The fourth-order valence-corrected chi connectivity index (χ4v) is 3.88. The van der Waals surface area contributed by atoms with E-state index in [1.54, 1.807) is 43.3 Å². The summed E-state index contributed by atoms with van der Waals surface area (Å²) in [5.74, 6) is -1.72. The Kier molecular flexibility index (Phi) is 7.05. The quantitative estimate of drug-likeness (QED) is 0.298. The second kappa shape index (κ2) is 9.56. The lowest BCUT2D eigenvalue weighted by Gasteiger charge is -2.10. The van der Waals surface area contributed by atoms with Crippen molar-refractivity contribution in [3.05, 3.63) is 80.0 Å². The average Bonchev–Trinajstić information content (AvgIpc) is 2.96. The molecule has 2 aromatic carbocycles. The number of anilines is 1. The second-order valence-corrected chi connectivity index (χ2v) is 8.21. The largest absolute Gasteiger partial charge is 0.329 e. The maximum Gasteiger partial charge on any atom is 0.329 e. The van der Waals surface area contributed by atoms with Gasteiger partial charge in [0.25, 0.3) is 0 Å². The van der Waals surface area contributed by atoms with Gasteiger partial charge < -0.3 is 9.88 Å². The van der Waals surface area contributed by atoms with Crippen LogP contribution in [0.2, 0.25) is 15.1 Å². The van der Waals surface area contributed by atoms with Gasteiger partial charge >= 0.3 is 11.8 Å². The molecule has 160 valence electrons. The molecule has 0 aliphatic heterocycles. The van der Waals surface area contributed by atoms with Gasteiger partial charge in [0.2, 0.25) is 0 Å². The van der Waals surface area contributed by atoms with E-state index in [1.165, 1.54) is 6.21 Å². The highest BCUT2D eigenvalue weighted by Gasteiger charge is 2.15. The van der Waals surface area contributed by atoms with Gasteiger partial charge in [-0.25, -0.2) is 5.43 Å². The smallest absolute Gasteiger partial charge is 0.318 e. The van der Waals surface area contributed by atoms with Gasteiger partial charge in [0.15, 0.2) is 0 Å². The Balaban J connectivity index is 1.71. The number of hydrogen-bond donors (Lipinski definition) is 2. The van der Waals surface area contributed by atoms with Gasteiger partial charge in [-0.3, -0.25) is 9.59 Å². The molecule has 0 atom stereocenters. The Hall–Kier alpha value is -2.80. The van der Waals surface area contributed by atoms with Gasteiger partial charge in [0.1, 0.15) is 0 Å². The van der Waals surface area contributed by atoms with Gasteiger partial charge in [-0.15, -0.1) is 0 Å². The molecule has 2 N–H and O–H groups in total. The van der Waals surface area contributed by atoms with Crippen LogP contribution in [0.1, 0.15) is 22.5 Å². The summed E-state index contributed by atoms with van der Waals surface area (Å²) in [6, 6.07) is 12.1. The number of hydrazone groups is 1. The predicted octanol–water partition coefficient (Wildman–Crippen LogP) is 5.45. The fourth-order valence-electron chi connectivity index (χ4n) is 3.14. The van der Waals surface area contributed by atoms with Crippen LogP contribution in [0.25, 0.3) is 5.69 Å². The van der Waals surface area contributed by atoms with Crippen LogP contribution in [0.3, 0.4) is 0 Å². The molecule has 1 heterocycles. The van der Waals surface area contributed by atoms with Crippen molar-refractivity contribution < 1.29 is 9.59 Å². The highest BCUT2D eigenvalue weighted by Crippen LogP contribution is 2.26. The number of aromatic nitrogens is 1. The molecule has 0 unspecified atom stereocenters. The molecule has 3 aromatic rings. The Morgan fingerprint density at radius 3 is 2.23 bits per heavy atom. The van der Waals surface area contributed by atoms with Gasteiger partial charge in [-0.05, 0) is 68.8 Å². The van der Waals surface area contributed by atoms with Crippen LogP contribution in [-0.2, 0) is 9.59 Å². The lowest BCUT2D eigenvalue weighted by molar-refractivity contribution is -0.136. The fraction of sp³-hybridized carbons (Fsp3) is 0.136. The number of aryl methyl sites for hydroxylation is 2. The minimum Gasteiger partial charge on any atom is -0.318 e. The van der Waals surface area contributed by atoms with Crippen molar-refractivity contribution in [2.45, 2.75) is 20.8 Å². The zero-order valence-electron chi connectivity index (χ0n) is 17.0. The second-order valence-electron chi connectivity index (χ2n) is 6.90. The Bertz CT molecular complexity index is 1180. The van der Waals surface area contributed by atoms with Crippen molar-refractivity contribution in [3.63, 3.8) is 0 Å². The lowest BCUT2D eigenvalue weighted by Crippen LogP contribution is -2.32. The van der Waals surface area contributed by atoms with Crippen LogP contribution in [0.15, 0.2) is 47.6 Å². The summed E-state index contributed by atoms with van der Waals surface area (Å²) >= 11 is 18.1. The van der Waals surface area contributed by atoms with Crippen molar-refractivity contribution in [1.82, 2.24) is 9.99 Å². The molecular formula is C22H19Cl3N4O2. The standard InChI is InChI=1S/C22H19Cl3N4O2/c1-12-6-16(23)4-5-20(12)27-21(30)22(31)28-26-11-15-7-13(2)29(14(15)3)19-9-17(24)8-18(25)10-19/h4-11H,1-3H3,(H,27,30)(H,28,31)/b26-11-. The van der Waals surface area contributed by atoms with Crippen LogP contribution in [-0.4, -0.2) is 22.6 Å². The molecule has 0 saturated heterocycles. The van der Waals surface area contributed by atoms with Crippen LogP contribution in [0, 0.1) is 20.8 Å². The van der Waals surface area contributed by atoms with E-state index in [0.29, 0.717) is 20.8 Å². The maximum absolute atomic E-state index is 12.1. The molecule has 2 amide bonds. The van der Waals surface area contributed by atoms with E-state index in [0.717, 1.165) is 28.2 Å². The van der Waals surface area contributed by atoms with Gasteiger partial charge in [-0.1, -0.05) is 34.8 Å². The molecule has 0 radical (unpaired) electrons. The highest BCUT2D eigenvalue weighted by atomic mass is 35.5. The first-order chi connectivity index (χ1) is 14.7. The van der Waals surface area contributed by atoms with Crippen LogP contribution >= 0.6 is 34.8 Å². The van der Waals surface area contributed by atoms with Crippen molar-refractivity contribution >= 4 is 58.5 Å². The van der Waals surface area contributed by atoms with Crippen molar-refractivity contribution in [2.75, 3.05) is 5.32 Å². The first-order valence-corrected chi connectivity index (χ1v) is 10.3. The number of carbonyl (C=O) groups is 2. The summed E-state index contributed by atoms with van der Waals surface area (Å²) < 4.78 is 1.97. The minimum atomic E-state index is -0.888. The van der Waals surface area contributed by atoms with E-state index >= 15 is 0 Å². The Labute approximate surface area is 194 Å². The van der Waals surface area contributed by atoms with Crippen LogP contribution < -0.4 is 10.7 Å². The number of amides is 2. The molecule has 31 heavy (non-hydrogen) atoms. The number of hydrogen-bond acceptors (Lipinski definition) is 3. The monoisotopic (exact) mass is 476 g/mol. The predicted molar refractivity (Wildman–Crippen MR) is 126 cm³/mol. The molecule has 3 rings (SSSR count). The minimum absolute atomic E-state index is 0.497. The normalized spacial score (nSPS) is 11.0. The number of halogens is 3. The third kappa shape index (κ3) is 5.47. The van der Waals surface area contributed by atoms with Gasteiger partial charge in [-0.2, -0.15) is 5.10 Å². The van der Waals surface area contributed by atoms with E-state index in [4.69, 9.17) is 34.8 Å². The Morgan fingerprint density at radius 1 is 0.903 bits per heavy atom. The third-order valence-corrected chi connectivity index (χ3v) is 5.26. The first-order valence-electron chi connectivity index (χ1n) is 9.21. The van der Waals surface area contributed by atoms with Gasteiger partial charge in [0.05, 0.1) is 6.21 Å². The van der Waals surface area contributed by atoms with E-state index in [9.17, 15) is 9.59 Å². The summed E-state index contributed by atoms with van der Waals surface area (Å²) in [5, 5.41) is 8.04. The van der Waals surface area contributed by atoms with E-state index < -0.39 is 11.8 Å². The summed E-state index contributed by atoms with van der Waals surface area (Å²) in [7, 11) is 0.